The van der Waals surface area contributed by atoms with Gasteiger partial charge in [-0.1, -0.05) is 0 Å². The highest BCUT2D eigenvalue weighted by atomic mass is 32.1. The Morgan fingerprint density at radius 1 is 0.971 bits per heavy atom. The predicted octanol–water partition coefficient (Wildman–Crippen LogP) is 4.42. The molecule has 0 bridgehead atoms. The number of methoxy groups -OCH3 is 2. The van der Waals surface area contributed by atoms with Crippen LogP contribution in [0.5, 0.6) is 11.5 Å². The van der Waals surface area contributed by atoms with E-state index in [1.54, 1.807) is 26.4 Å². The number of hydrogen-bond acceptors (Lipinski definition) is 6. The number of benzene rings is 2. The quantitative estimate of drug-likeness (QED) is 0.423. The summed E-state index contributed by atoms with van der Waals surface area (Å²) in [5.41, 5.74) is 2.67. The molecule has 1 fully saturated rings. The van der Waals surface area contributed by atoms with Gasteiger partial charge < -0.3 is 19.3 Å². The standard InChI is InChI=1S/C25H25FN4O3S/c1-28-25-19(23(27-28)16-4-9-20(32-2)21(14-16)33-3)15-22(34-25)24(31)30-12-10-29(11-13-30)18-7-5-17(26)6-8-18/h4-9,14-15H,10-13H2,1-3H3. The molecule has 2 aromatic carbocycles. The molecule has 0 unspecified atom stereocenters. The zero-order valence-corrected chi connectivity index (χ0v) is 20.1. The highest BCUT2D eigenvalue weighted by Gasteiger charge is 2.25. The number of fused-ring (bicyclic) bond motifs is 1. The van der Waals surface area contributed by atoms with Crippen molar-refractivity contribution in [3.8, 4) is 22.8 Å². The molecule has 1 aliphatic rings. The van der Waals surface area contributed by atoms with Crippen molar-refractivity contribution in [2.75, 3.05) is 45.3 Å². The van der Waals surface area contributed by atoms with E-state index in [1.807, 2.05) is 40.9 Å². The first-order valence-electron chi connectivity index (χ1n) is 11.0. The molecule has 0 aliphatic carbocycles. The molecular formula is C25H25FN4O3S. The zero-order chi connectivity index (χ0) is 23.8. The number of ether oxygens (including phenoxy) is 2. The molecule has 0 saturated carbocycles. The number of halogens is 1. The van der Waals surface area contributed by atoms with Crippen LogP contribution in [0, 0.1) is 5.82 Å². The van der Waals surface area contributed by atoms with Gasteiger partial charge in [-0.05, 0) is 48.5 Å². The molecule has 0 radical (unpaired) electrons. The van der Waals surface area contributed by atoms with E-state index in [-0.39, 0.29) is 11.7 Å². The van der Waals surface area contributed by atoms with Crippen molar-refractivity contribution >= 4 is 33.1 Å². The van der Waals surface area contributed by atoms with Gasteiger partial charge in [0.15, 0.2) is 11.5 Å². The molecule has 5 rings (SSSR count). The maximum Gasteiger partial charge on any atom is 0.264 e. The molecule has 176 valence electrons. The van der Waals surface area contributed by atoms with E-state index in [0.717, 1.165) is 27.2 Å². The topological polar surface area (TPSA) is 59.8 Å². The minimum absolute atomic E-state index is 0.0261. The average molecular weight is 481 g/mol. The lowest BCUT2D eigenvalue weighted by Crippen LogP contribution is -2.48. The van der Waals surface area contributed by atoms with Crippen LogP contribution in [0.4, 0.5) is 10.1 Å². The van der Waals surface area contributed by atoms with Crippen LogP contribution in [0.2, 0.25) is 0 Å². The molecule has 34 heavy (non-hydrogen) atoms. The fraction of sp³-hybridized carbons (Fsp3) is 0.280. The predicted molar refractivity (Wildman–Crippen MR) is 132 cm³/mol. The Labute approximate surface area is 200 Å². The van der Waals surface area contributed by atoms with Gasteiger partial charge in [0.25, 0.3) is 5.91 Å². The van der Waals surface area contributed by atoms with Crippen LogP contribution in [0.1, 0.15) is 9.67 Å². The number of amides is 1. The molecule has 4 aromatic rings. The number of aryl methyl sites for hydroxylation is 1. The number of nitrogens with zero attached hydrogens (tertiary/aromatic N) is 4. The van der Waals surface area contributed by atoms with E-state index in [1.165, 1.54) is 23.5 Å². The number of anilines is 1. The normalized spacial score (nSPS) is 14.0. The molecule has 9 heteroatoms. The lowest BCUT2D eigenvalue weighted by Gasteiger charge is -2.36. The summed E-state index contributed by atoms with van der Waals surface area (Å²) in [6.45, 7) is 2.65. The molecule has 3 heterocycles. The minimum atomic E-state index is -0.246. The Bertz CT molecular complexity index is 1340. The SMILES string of the molecule is COc1ccc(-c2nn(C)c3sc(C(=O)N4CCN(c5ccc(F)cc5)CC4)cc23)cc1OC. The van der Waals surface area contributed by atoms with E-state index in [0.29, 0.717) is 42.6 Å². The van der Waals surface area contributed by atoms with Gasteiger partial charge >= 0.3 is 0 Å². The molecule has 1 amide bonds. The van der Waals surface area contributed by atoms with Crippen LogP contribution in [0.15, 0.2) is 48.5 Å². The summed E-state index contributed by atoms with van der Waals surface area (Å²) in [4.78, 5) is 19.0. The maximum absolute atomic E-state index is 13.3. The Hall–Kier alpha value is -3.59. The molecule has 1 aliphatic heterocycles. The minimum Gasteiger partial charge on any atom is -0.493 e. The van der Waals surface area contributed by atoms with Gasteiger partial charge in [0.1, 0.15) is 16.3 Å². The van der Waals surface area contributed by atoms with E-state index in [4.69, 9.17) is 9.47 Å². The van der Waals surface area contributed by atoms with Crippen LogP contribution in [-0.2, 0) is 7.05 Å². The first-order valence-corrected chi connectivity index (χ1v) is 11.8. The van der Waals surface area contributed by atoms with Gasteiger partial charge in [0.05, 0.1) is 19.1 Å². The lowest BCUT2D eigenvalue weighted by molar-refractivity contribution is 0.0751. The van der Waals surface area contributed by atoms with Crippen LogP contribution in [-0.4, -0.2) is 61.0 Å². The maximum atomic E-state index is 13.3. The van der Waals surface area contributed by atoms with Crippen molar-refractivity contribution in [1.29, 1.82) is 0 Å². The van der Waals surface area contributed by atoms with Gasteiger partial charge in [-0.15, -0.1) is 11.3 Å². The van der Waals surface area contributed by atoms with Crippen molar-refractivity contribution in [3.05, 3.63) is 59.2 Å². The van der Waals surface area contributed by atoms with E-state index < -0.39 is 0 Å². The second kappa shape index (κ2) is 8.98. The first kappa shape index (κ1) is 22.2. The number of hydrogen-bond donors (Lipinski definition) is 0. The van der Waals surface area contributed by atoms with Crippen molar-refractivity contribution in [2.24, 2.45) is 7.05 Å². The highest BCUT2D eigenvalue weighted by Crippen LogP contribution is 2.37. The summed E-state index contributed by atoms with van der Waals surface area (Å²) in [6.07, 6.45) is 0. The van der Waals surface area contributed by atoms with Crippen LogP contribution in [0.25, 0.3) is 21.5 Å². The van der Waals surface area contributed by atoms with E-state index in [9.17, 15) is 9.18 Å². The summed E-state index contributed by atoms with van der Waals surface area (Å²) in [5, 5.41) is 5.62. The fourth-order valence-electron chi connectivity index (χ4n) is 4.32. The second-order valence-corrected chi connectivity index (χ2v) is 9.16. The van der Waals surface area contributed by atoms with Gasteiger partial charge in [0, 0.05) is 49.9 Å². The summed E-state index contributed by atoms with van der Waals surface area (Å²) in [5.74, 6) is 1.06. The summed E-state index contributed by atoms with van der Waals surface area (Å²) >= 11 is 1.46. The summed E-state index contributed by atoms with van der Waals surface area (Å²) in [6, 6.07) is 14.1. The Morgan fingerprint density at radius 3 is 2.35 bits per heavy atom. The average Bonchev–Trinajstić information content (AvgIpc) is 3.44. The Kier molecular flexibility index (Phi) is 5.87. The third-order valence-corrected chi connectivity index (χ3v) is 7.33. The third kappa shape index (κ3) is 3.96. The number of aromatic nitrogens is 2. The number of rotatable bonds is 5. The lowest BCUT2D eigenvalue weighted by atomic mass is 10.1. The van der Waals surface area contributed by atoms with E-state index in [2.05, 4.69) is 10.00 Å². The second-order valence-electron chi connectivity index (χ2n) is 8.13. The van der Waals surface area contributed by atoms with Crippen molar-refractivity contribution in [2.45, 2.75) is 0 Å². The van der Waals surface area contributed by atoms with Crippen molar-refractivity contribution in [1.82, 2.24) is 14.7 Å². The number of thiophene rings is 1. The van der Waals surface area contributed by atoms with Crippen molar-refractivity contribution < 1.29 is 18.7 Å². The number of carbonyl (C=O) groups excluding carboxylic acids is 1. The van der Waals surface area contributed by atoms with Crippen molar-refractivity contribution in [3.63, 3.8) is 0 Å². The Morgan fingerprint density at radius 2 is 1.68 bits per heavy atom. The van der Waals surface area contributed by atoms with E-state index >= 15 is 0 Å². The molecular weight excluding hydrogens is 455 g/mol. The molecule has 0 atom stereocenters. The monoisotopic (exact) mass is 480 g/mol. The summed E-state index contributed by atoms with van der Waals surface area (Å²) < 4.78 is 25.8. The molecule has 1 saturated heterocycles. The van der Waals surface area contributed by atoms with Gasteiger partial charge in [-0.2, -0.15) is 5.10 Å². The molecule has 7 nitrogen and oxygen atoms in total. The van der Waals surface area contributed by atoms with Gasteiger partial charge in [0.2, 0.25) is 0 Å². The number of carbonyl (C=O) groups is 1. The van der Waals surface area contributed by atoms with Gasteiger partial charge in [-0.25, -0.2) is 4.39 Å². The van der Waals surface area contributed by atoms with Crippen LogP contribution in [0.3, 0.4) is 0 Å². The molecule has 0 N–H and O–H groups in total. The van der Waals surface area contributed by atoms with Crippen LogP contribution >= 0.6 is 11.3 Å². The number of piperazine rings is 1. The Balaban J connectivity index is 1.37. The first-order chi connectivity index (χ1) is 16.5. The summed E-state index contributed by atoms with van der Waals surface area (Å²) in [7, 11) is 5.10. The molecule has 2 aromatic heterocycles. The highest BCUT2D eigenvalue weighted by molar-refractivity contribution is 7.20. The zero-order valence-electron chi connectivity index (χ0n) is 19.2. The fourth-order valence-corrected chi connectivity index (χ4v) is 5.36. The van der Waals surface area contributed by atoms with Crippen LogP contribution < -0.4 is 14.4 Å². The smallest absolute Gasteiger partial charge is 0.264 e. The third-order valence-electron chi connectivity index (χ3n) is 6.14. The largest absolute Gasteiger partial charge is 0.493 e. The van der Waals surface area contributed by atoms with Gasteiger partial charge in [-0.3, -0.25) is 9.48 Å². The molecule has 0 spiro atoms.